The molecule has 2 aromatic carbocycles. The molecule has 3 amide bonds. The summed E-state index contributed by atoms with van der Waals surface area (Å²) >= 11 is 0. The molecule has 2 aliphatic heterocycles. The van der Waals surface area contributed by atoms with E-state index in [9.17, 15) is 19.2 Å². The Hall–Kier alpha value is -5.72. The minimum absolute atomic E-state index is 0.0102. The maximum Gasteiger partial charge on any atom is 0.407 e. The van der Waals surface area contributed by atoms with Crippen molar-refractivity contribution in [3.8, 4) is 22.5 Å². The van der Waals surface area contributed by atoms with E-state index in [0.29, 0.717) is 13.1 Å². The number of H-pyrrole nitrogens is 2. The van der Waals surface area contributed by atoms with Crippen LogP contribution in [0, 0.1) is 17.8 Å². The highest BCUT2D eigenvalue weighted by Crippen LogP contribution is 2.35. The number of ether oxygens (including phenoxy) is 2. The second-order valence-electron chi connectivity index (χ2n) is 15.3. The van der Waals surface area contributed by atoms with Gasteiger partial charge in [0.2, 0.25) is 11.8 Å². The third kappa shape index (κ3) is 9.04. The number of methoxy groups -OCH3 is 2. The molecule has 4 aromatic rings. The largest absolute Gasteiger partial charge is 0.469 e. The molecule has 0 saturated carbocycles. The molecule has 0 radical (unpaired) electrons. The van der Waals surface area contributed by atoms with Crippen LogP contribution >= 0.6 is 0 Å². The van der Waals surface area contributed by atoms with E-state index in [-0.39, 0.29) is 48.1 Å². The van der Waals surface area contributed by atoms with Gasteiger partial charge in [-0.3, -0.25) is 14.4 Å². The summed E-state index contributed by atoms with van der Waals surface area (Å²) in [6, 6.07) is 15.4. The summed E-state index contributed by atoms with van der Waals surface area (Å²) in [7, 11) is 2.64. The van der Waals surface area contributed by atoms with Crippen LogP contribution in [-0.4, -0.2) is 87.0 Å². The number of carbonyl (C=O) groups is 4. The average Bonchev–Trinajstić information content (AvgIpc) is 4.04. The molecule has 0 unspecified atom stereocenters. The number of likely N-dealkylation sites (tertiary alicyclic amines) is 2. The van der Waals surface area contributed by atoms with Crippen molar-refractivity contribution in [2.24, 2.45) is 17.8 Å². The molecule has 2 saturated heterocycles. The van der Waals surface area contributed by atoms with Crippen molar-refractivity contribution in [1.82, 2.24) is 35.1 Å². The van der Waals surface area contributed by atoms with E-state index in [1.54, 1.807) is 6.20 Å². The zero-order valence-corrected chi connectivity index (χ0v) is 33.1. The number of hydrogen-bond donors (Lipinski definition) is 3. The van der Waals surface area contributed by atoms with Crippen molar-refractivity contribution in [3.05, 3.63) is 83.7 Å². The van der Waals surface area contributed by atoms with E-state index in [1.165, 1.54) is 14.2 Å². The minimum atomic E-state index is -0.682. The lowest BCUT2D eigenvalue weighted by molar-refractivity contribution is -0.148. The normalized spacial score (nSPS) is 18.1. The quantitative estimate of drug-likeness (QED) is 0.0953. The van der Waals surface area contributed by atoms with Gasteiger partial charge >= 0.3 is 12.1 Å². The Balaban J connectivity index is 1.06. The molecule has 296 valence electrons. The number of aromatic nitrogens is 4. The summed E-state index contributed by atoms with van der Waals surface area (Å²) in [6.07, 6.45) is 10.5. The van der Waals surface area contributed by atoms with Crippen LogP contribution < -0.4 is 5.32 Å². The Morgan fingerprint density at radius 3 is 1.64 bits per heavy atom. The maximum atomic E-state index is 13.6. The Bertz CT molecular complexity index is 1870. The zero-order chi connectivity index (χ0) is 39.9. The number of alkyl carbamates (subject to hydrolysis) is 1. The molecule has 0 spiro atoms. The summed E-state index contributed by atoms with van der Waals surface area (Å²) in [5.41, 5.74) is 5.82. The number of esters is 1. The smallest absolute Gasteiger partial charge is 0.407 e. The molecule has 13 heteroatoms. The van der Waals surface area contributed by atoms with Crippen LogP contribution in [0.3, 0.4) is 0 Å². The number of nitrogens with zero attached hydrogens (tertiary/aromatic N) is 4. The molecule has 56 heavy (non-hydrogen) atoms. The summed E-state index contributed by atoms with van der Waals surface area (Å²) in [5.74, 6) is 0.426. The lowest BCUT2D eigenvalue weighted by Crippen LogP contribution is -2.51. The second kappa shape index (κ2) is 17.8. The van der Waals surface area contributed by atoms with E-state index < -0.39 is 18.1 Å². The standard InChI is InChI=1S/C43H53N7O6/c1-26(2)32(23-37(51)55-5)41(52)49-21-7-9-35(49)39-44-24-33(46-39)30-17-13-28(14-18-30)11-12-29-15-19-31(20-16-29)34-25-45-40(47-34)36-10-8-22-50(36)42(53)38(27(3)4)48-43(54)56-6/h11-20,24-27,32,35-36,38H,7-10,21-23H2,1-6H3,(H,44,46)(H,45,47)(H,48,54)/b12-11+/t32-,35-,36-,38-/m0/s1. The number of nitrogens with one attached hydrogen (secondary N) is 3. The van der Waals surface area contributed by atoms with Crippen molar-refractivity contribution >= 4 is 36.0 Å². The first-order valence-electron chi connectivity index (χ1n) is 19.5. The third-order valence-corrected chi connectivity index (χ3v) is 10.9. The van der Waals surface area contributed by atoms with Gasteiger partial charge in [0.15, 0.2) is 0 Å². The molecule has 2 aromatic heterocycles. The number of aromatic amines is 2. The van der Waals surface area contributed by atoms with Crippen LogP contribution in [0.25, 0.3) is 34.7 Å². The Morgan fingerprint density at radius 1 is 0.732 bits per heavy atom. The lowest BCUT2D eigenvalue weighted by atomic mass is 9.91. The van der Waals surface area contributed by atoms with E-state index >= 15 is 0 Å². The summed E-state index contributed by atoms with van der Waals surface area (Å²) in [6.45, 7) is 8.97. The number of rotatable bonds is 13. The number of carbonyl (C=O) groups excluding carboxylic acids is 4. The maximum absolute atomic E-state index is 13.6. The van der Waals surface area contributed by atoms with E-state index in [1.807, 2.05) is 55.8 Å². The van der Waals surface area contributed by atoms with Crippen LogP contribution in [-0.2, 0) is 23.9 Å². The first-order chi connectivity index (χ1) is 27.0. The fraction of sp³-hybridized carbons (Fsp3) is 0.442. The van der Waals surface area contributed by atoms with Gasteiger partial charge in [0, 0.05) is 13.1 Å². The Kier molecular flexibility index (Phi) is 12.7. The number of imidazole rings is 2. The second-order valence-corrected chi connectivity index (χ2v) is 15.3. The minimum Gasteiger partial charge on any atom is -0.469 e. The fourth-order valence-electron chi connectivity index (χ4n) is 7.64. The zero-order valence-electron chi connectivity index (χ0n) is 33.1. The molecule has 2 aliphatic rings. The van der Waals surface area contributed by atoms with Gasteiger partial charge in [-0.1, -0.05) is 88.4 Å². The van der Waals surface area contributed by atoms with Crippen molar-refractivity contribution in [3.63, 3.8) is 0 Å². The molecule has 4 heterocycles. The first kappa shape index (κ1) is 40.0. The van der Waals surface area contributed by atoms with Crippen molar-refractivity contribution in [1.29, 1.82) is 0 Å². The monoisotopic (exact) mass is 763 g/mol. The average molecular weight is 764 g/mol. The van der Waals surface area contributed by atoms with Gasteiger partial charge in [-0.25, -0.2) is 14.8 Å². The van der Waals surface area contributed by atoms with Crippen molar-refractivity contribution < 1.29 is 28.7 Å². The molecule has 4 atom stereocenters. The Morgan fingerprint density at radius 2 is 1.21 bits per heavy atom. The van der Waals surface area contributed by atoms with Crippen molar-refractivity contribution in [2.75, 3.05) is 27.3 Å². The summed E-state index contributed by atoms with van der Waals surface area (Å²) < 4.78 is 9.61. The highest BCUT2D eigenvalue weighted by Gasteiger charge is 2.39. The predicted octanol–water partition coefficient (Wildman–Crippen LogP) is 7.18. The highest BCUT2D eigenvalue weighted by atomic mass is 16.5. The first-order valence-corrected chi connectivity index (χ1v) is 19.5. The third-order valence-electron chi connectivity index (χ3n) is 10.9. The van der Waals surface area contributed by atoms with Gasteiger partial charge in [-0.05, 0) is 59.8 Å². The van der Waals surface area contributed by atoms with Gasteiger partial charge in [0.1, 0.15) is 17.7 Å². The fourth-order valence-corrected chi connectivity index (χ4v) is 7.64. The van der Waals surface area contributed by atoms with Crippen LogP contribution in [0.5, 0.6) is 0 Å². The van der Waals surface area contributed by atoms with E-state index in [0.717, 1.165) is 71.0 Å². The molecular formula is C43H53N7O6. The highest BCUT2D eigenvalue weighted by molar-refractivity contribution is 5.86. The number of amides is 3. The topological polar surface area (TPSA) is 163 Å². The molecule has 0 aliphatic carbocycles. The van der Waals surface area contributed by atoms with Crippen LogP contribution in [0.2, 0.25) is 0 Å². The Labute approximate surface area is 328 Å². The molecule has 13 nitrogen and oxygen atoms in total. The van der Waals surface area contributed by atoms with Gasteiger partial charge in [0.05, 0.1) is 62.4 Å². The number of benzene rings is 2. The molecular weight excluding hydrogens is 711 g/mol. The molecule has 6 rings (SSSR count). The van der Waals surface area contributed by atoms with Gasteiger partial charge in [-0.15, -0.1) is 0 Å². The van der Waals surface area contributed by atoms with Crippen LogP contribution in [0.15, 0.2) is 60.9 Å². The summed E-state index contributed by atoms with van der Waals surface area (Å²) in [4.78, 5) is 70.9. The van der Waals surface area contributed by atoms with Crippen molar-refractivity contribution in [2.45, 2.75) is 77.9 Å². The number of hydrogen-bond acceptors (Lipinski definition) is 8. The predicted molar refractivity (Wildman–Crippen MR) is 213 cm³/mol. The van der Waals surface area contributed by atoms with Gasteiger partial charge < -0.3 is 34.6 Å². The van der Waals surface area contributed by atoms with E-state index in [4.69, 9.17) is 9.47 Å². The SMILES string of the molecule is COC(=O)C[C@H](C(=O)N1CCC[C@H]1c1ncc(-c2ccc(/C=C/c3ccc(-c4cnc([C@@H]5CCCN5C(=O)[C@@H](NC(=O)OC)C(C)C)[nH]4)cc3)cc2)[nH]1)C(C)C. The van der Waals surface area contributed by atoms with Crippen LogP contribution in [0.1, 0.15) is 94.7 Å². The summed E-state index contributed by atoms with van der Waals surface area (Å²) in [5, 5.41) is 2.69. The van der Waals surface area contributed by atoms with Gasteiger partial charge in [-0.2, -0.15) is 0 Å². The molecule has 2 fully saturated rings. The lowest BCUT2D eigenvalue weighted by Gasteiger charge is -2.30. The molecule has 0 bridgehead atoms. The van der Waals surface area contributed by atoms with Gasteiger partial charge in [0.25, 0.3) is 0 Å². The molecule has 3 N–H and O–H groups in total. The van der Waals surface area contributed by atoms with E-state index in [2.05, 4.69) is 73.8 Å². The van der Waals surface area contributed by atoms with Crippen LogP contribution in [0.4, 0.5) is 4.79 Å².